The zero-order chi connectivity index (χ0) is 8.55. The fraction of sp³-hybridized carbons (Fsp3) is 0.400. The van der Waals surface area contributed by atoms with Crippen LogP contribution in [0.1, 0.15) is 11.1 Å². The molecule has 0 bridgehead atoms. The molecule has 64 valence electrons. The molecule has 1 aliphatic heterocycles. The maximum absolute atomic E-state index is 3.36. The third-order valence-electron chi connectivity index (χ3n) is 2.35. The van der Waals surface area contributed by atoms with Crippen molar-refractivity contribution in [1.82, 2.24) is 5.32 Å². The summed E-state index contributed by atoms with van der Waals surface area (Å²) in [7, 11) is 4.18. The summed E-state index contributed by atoms with van der Waals surface area (Å²) in [6, 6.07) is 6.50. The highest BCUT2D eigenvalue weighted by Crippen LogP contribution is 2.25. The molecule has 1 aromatic rings. The fourth-order valence-corrected chi connectivity index (χ4v) is 1.73. The predicted octanol–water partition coefficient (Wildman–Crippen LogP) is 1.36. The molecule has 1 aromatic carbocycles. The SMILES string of the molecule is CN(C)c1cccc2c1CNC2. The highest BCUT2D eigenvalue weighted by Gasteiger charge is 2.13. The molecule has 2 heteroatoms. The van der Waals surface area contributed by atoms with E-state index in [1.54, 1.807) is 0 Å². The Morgan fingerprint density at radius 3 is 2.83 bits per heavy atom. The molecule has 1 aliphatic rings. The van der Waals surface area contributed by atoms with E-state index in [9.17, 15) is 0 Å². The van der Waals surface area contributed by atoms with Crippen LogP contribution in [0.4, 0.5) is 5.69 Å². The maximum Gasteiger partial charge on any atom is 0.0409 e. The predicted molar refractivity (Wildman–Crippen MR) is 51.3 cm³/mol. The van der Waals surface area contributed by atoms with Crippen molar-refractivity contribution in [3.8, 4) is 0 Å². The monoisotopic (exact) mass is 162 g/mol. The Hall–Kier alpha value is -1.02. The zero-order valence-electron chi connectivity index (χ0n) is 7.59. The van der Waals surface area contributed by atoms with Crippen molar-refractivity contribution in [3.63, 3.8) is 0 Å². The van der Waals surface area contributed by atoms with E-state index in [4.69, 9.17) is 0 Å². The molecule has 0 atom stereocenters. The summed E-state index contributed by atoms with van der Waals surface area (Å²) in [5, 5.41) is 3.36. The van der Waals surface area contributed by atoms with Crippen LogP contribution >= 0.6 is 0 Å². The van der Waals surface area contributed by atoms with Gasteiger partial charge in [0.1, 0.15) is 0 Å². The molecule has 0 amide bonds. The lowest BCUT2D eigenvalue weighted by Gasteiger charge is -2.16. The third-order valence-corrected chi connectivity index (χ3v) is 2.35. The maximum atomic E-state index is 3.36. The molecule has 2 rings (SSSR count). The molecule has 0 radical (unpaired) electrons. The second-order valence-electron chi connectivity index (χ2n) is 3.41. The lowest BCUT2D eigenvalue weighted by molar-refractivity contribution is 0.764. The summed E-state index contributed by atoms with van der Waals surface area (Å²) in [6.07, 6.45) is 0. The Balaban J connectivity index is 2.49. The molecule has 2 nitrogen and oxygen atoms in total. The number of benzene rings is 1. The Morgan fingerprint density at radius 2 is 2.08 bits per heavy atom. The van der Waals surface area contributed by atoms with Gasteiger partial charge in [-0.1, -0.05) is 12.1 Å². The van der Waals surface area contributed by atoms with Crippen LogP contribution < -0.4 is 10.2 Å². The van der Waals surface area contributed by atoms with Crippen LogP contribution in [0.5, 0.6) is 0 Å². The molecule has 0 spiro atoms. The minimum Gasteiger partial charge on any atom is -0.377 e. The molecule has 0 unspecified atom stereocenters. The molecule has 0 saturated heterocycles. The van der Waals surface area contributed by atoms with Gasteiger partial charge in [0.25, 0.3) is 0 Å². The van der Waals surface area contributed by atoms with Crippen molar-refractivity contribution in [2.75, 3.05) is 19.0 Å². The van der Waals surface area contributed by atoms with E-state index in [1.807, 2.05) is 0 Å². The molecule has 0 saturated carbocycles. The van der Waals surface area contributed by atoms with Crippen LogP contribution in [-0.4, -0.2) is 14.1 Å². The largest absolute Gasteiger partial charge is 0.377 e. The van der Waals surface area contributed by atoms with Crippen molar-refractivity contribution in [3.05, 3.63) is 29.3 Å². The first-order valence-electron chi connectivity index (χ1n) is 4.28. The van der Waals surface area contributed by atoms with Crippen LogP contribution in [0.25, 0.3) is 0 Å². The minimum absolute atomic E-state index is 1.02. The van der Waals surface area contributed by atoms with Gasteiger partial charge >= 0.3 is 0 Å². The second-order valence-corrected chi connectivity index (χ2v) is 3.41. The zero-order valence-corrected chi connectivity index (χ0v) is 7.59. The standard InChI is InChI=1S/C10H14N2/c1-12(2)10-5-3-4-8-6-11-7-9(8)10/h3-5,11H,6-7H2,1-2H3. The quantitative estimate of drug-likeness (QED) is 0.670. The average molecular weight is 162 g/mol. The van der Waals surface area contributed by atoms with Gasteiger partial charge in [0, 0.05) is 32.9 Å². The van der Waals surface area contributed by atoms with E-state index in [-0.39, 0.29) is 0 Å². The van der Waals surface area contributed by atoms with E-state index in [2.05, 4.69) is 42.5 Å². The first-order chi connectivity index (χ1) is 5.79. The lowest BCUT2D eigenvalue weighted by atomic mass is 10.1. The number of nitrogens with one attached hydrogen (secondary N) is 1. The van der Waals surface area contributed by atoms with Gasteiger partial charge in [-0.2, -0.15) is 0 Å². The van der Waals surface area contributed by atoms with Gasteiger partial charge in [0.2, 0.25) is 0 Å². The van der Waals surface area contributed by atoms with Crippen molar-refractivity contribution < 1.29 is 0 Å². The van der Waals surface area contributed by atoms with Crippen LogP contribution in [0.3, 0.4) is 0 Å². The average Bonchev–Trinajstić information content (AvgIpc) is 2.49. The Labute approximate surface area is 73.2 Å². The lowest BCUT2D eigenvalue weighted by Crippen LogP contribution is -2.11. The smallest absolute Gasteiger partial charge is 0.0409 e. The van der Waals surface area contributed by atoms with E-state index in [0.717, 1.165) is 13.1 Å². The summed E-state index contributed by atoms with van der Waals surface area (Å²) in [6.45, 7) is 2.04. The van der Waals surface area contributed by atoms with Gasteiger partial charge in [-0.15, -0.1) is 0 Å². The van der Waals surface area contributed by atoms with E-state index in [0.29, 0.717) is 0 Å². The number of hydrogen-bond acceptors (Lipinski definition) is 2. The van der Waals surface area contributed by atoms with Crippen LogP contribution in [0, 0.1) is 0 Å². The molecule has 1 N–H and O–H groups in total. The highest BCUT2D eigenvalue weighted by molar-refractivity contribution is 5.57. The van der Waals surface area contributed by atoms with Crippen molar-refractivity contribution in [2.24, 2.45) is 0 Å². The van der Waals surface area contributed by atoms with Gasteiger partial charge in [0.15, 0.2) is 0 Å². The minimum atomic E-state index is 1.02. The highest BCUT2D eigenvalue weighted by atomic mass is 15.1. The number of fused-ring (bicyclic) bond motifs is 1. The number of nitrogens with zero attached hydrogens (tertiary/aromatic N) is 1. The van der Waals surface area contributed by atoms with Crippen LogP contribution in [-0.2, 0) is 13.1 Å². The molecule has 1 heterocycles. The van der Waals surface area contributed by atoms with Gasteiger partial charge < -0.3 is 10.2 Å². The first kappa shape index (κ1) is 7.62. The van der Waals surface area contributed by atoms with Gasteiger partial charge in [-0.05, 0) is 17.2 Å². The first-order valence-corrected chi connectivity index (χ1v) is 4.28. The normalized spacial score (nSPS) is 14.5. The Bertz CT molecular complexity index is 292. The number of rotatable bonds is 1. The molecular weight excluding hydrogens is 148 g/mol. The van der Waals surface area contributed by atoms with Gasteiger partial charge in [-0.3, -0.25) is 0 Å². The van der Waals surface area contributed by atoms with E-state index >= 15 is 0 Å². The molecular formula is C10H14N2. The molecule has 12 heavy (non-hydrogen) atoms. The second kappa shape index (κ2) is 2.79. The Morgan fingerprint density at radius 1 is 1.25 bits per heavy atom. The van der Waals surface area contributed by atoms with E-state index in [1.165, 1.54) is 16.8 Å². The number of anilines is 1. The summed E-state index contributed by atoms with van der Waals surface area (Å²) < 4.78 is 0. The third kappa shape index (κ3) is 1.08. The molecule has 0 fully saturated rings. The van der Waals surface area contributed by atoms with Crippen LogP contribution in [0.2, 0.25) is 0 Å². The number of hydrogen-bond donors (Lipinski definition) is 1. The topological polar surface area (TPSA) is 15.3 Å². The van der Waals surface area contributed by atoms with Crippen molar-refractivity contribution in [2.45, 2.75) is 13.1 Å². The molecule has 0 aromatic heterocycles. The van der Waals surface area contributed by atoms with E-state index < -0.39 is 0 Å². The van der Waals surface area contributed by atoms with Crippen molar-refractivity contribution in [1.29, 1.82) is 0 Å². The fourth-order valence-electron chi connectivity index (χ4n) is 1.73. The van der Waals surface area contributed by atoms with Gasteiger partial charge in [0.05, 0.1) is 0 Å². The van der Waals surface area contributed by atoms with Crippen LogP contribution in [0.15, 0.2) is 18.2 Å². The Kier molecular flexibility index (Phi) is 1.77. The summed E-state index contributed by atoms with van der Waals surface area (Å²) >= 11 is 0. The summed E-state index contributed by atoms with van der Waals surface area (Å²) in [5.41, 5.74) is 4.25. The molecule has 0 aliphatic carbocycles. The van der Waals surface area contributed by atoms with Crippen molar-refractivity contribution >= 4 is 5.69 Å². The summed E-state index contributed by atoms with van der Waals surface area (Å²) in [5.74, 6) is 0. The van der Waals surface area contributed by atoms with Gasteiger partial charge in [-0.25, -0.2) is 0 Å². The summed E-state index contributed by atoms with van der Waals surface area (Å²) in [4.78, 5) is 2.17.